The second kappa shape index (κ2) is 12.1. The Kier molecular flexibility index (Phi) is 8.90. The Labute approximate surface area is 227 Å². The standard InChI is InChI=1S/C14H14BNOS.C13H12BNO2S.CH4/c1-15-5-4-11-3-2-10(6-12(11)15)7-14(17)13-8-18-9-16-13;1-14-11-4-9(2-3-10(11)7-17-14)5-12(16)13-6-15-8-18-13;/h2-3,6,8-9H,4-5,7H2,1H3;2-4,6,8H,5,7H2,1H3;1H4. The van der Waals surface area contributed by atoms with Gasteiger partial charge in [-0.05, 0) is 28.6 Å². The van der Waals surface area contributed by atoms with Gasteiger partial charge in [0.25, 0.3) is 0 Å². The molecular formula is C28H30B2N2O3S2. The first kappa shape index (κ1) is 27.2. The first-order chi connectivity index (χ1) is 17.5. The van der Waals surface area contributed by atoms with Gasteiger partial charge in [0.1, 0.15) is 5.69 Å². The summed E-state index contributed by atoms with van der Waals surface area (Å²) < 4.78 is 5.56. The molecule has 0 N–H and O–H groups in total. The first-order valence-corrected chi connectivity index (χ1v) is 14.0. The highest BCUT2D eigenvalue weighted by Gasteiger charge is 2.24. The molecule has 6 rings (SSSR count). The third-order valence-electron chi connectivity index (χ3n) is 6.88. The molecule has 4 aromatic rings. The normalized spacial score (nSPS) is 13.4. The molecule has 0 spiro atoms. The smallest absolute Gasteiger partial charge is 0.324 e. The van der Waals surface area contributed by atoms with E-state index in [1.54, 1.807) is 17.2 Å². The minimum atomic E-state index is 0. The number of fused-ring (bicyclic) bond motifs is 2. The zero-order valence-corrected chi connectivity index (χ0v) is 22.0. The Morgan fingerprint density at radius 3 is 2.41 bits per heavy atom. The van der Waals surface area contributed by atoms with Crippen LogP contribution in [-0.4, -0.2) is 35.2 Å². The number of Topliss-reactive ketones (excluding diaryl/α,β-unsaturated/α-hetero) is 2. The van der Waals surface area contributed by atoms with Crippen LogP contribution in [0.4, 0.5) is 0 Å². The SMILES string of the molecule is C.CB1CCc2ccc(CC(=O)c3cscn3)cc21.CB1OCc2ccc(CC(=O)c3cncs3)cc21. The van der Waals surface area contributed by atoms with Crippen LogP contribution in [-0.2, 0) is 30.5 Å². The predicted molar refractivity (Wildman–Crippen MR) is 156 cm³/mol. The lowest BCUT2D eigenvalue weighted by Gasteiger charge is -2.06. The molecule has 2 aliphatic rings. The van der Waals surface area contributed by atoms with E-state index >= 15 is 0 Å². The van der Waals surface area contributed by atoms with E-state index in [1.807, 2.05) is 18.3 Å². The van der Waals surface area contributed by atoms with Gasteiger partial charge in [-0.15, -0.1) is 22.7 Å². The van der Waals surface area contributed by atoms with Crippen LogP contribution in [0.2, 0.25) is 20.0 Å². The van der Waals surface area contributed by atoms with Crippen molar-refractivity contribution in [2.45, 2.75) is 53.3 Å². The molecule has 5 nitrogen and oxygen atoms in total. The van der Waals surface area contributed by atoms with Gasteiger partial charge in [-0.1, -0.05) is 74.8 Å². The predicted octanol–water partition coefficient (Wildman–Crippen LogP) is 5.02. The molecule has 2 aromatic carbocycles. The van der Waals surface area contributed by atoms with Crippen molar-refractivity contribution in [1.82, 2.24) is 9.97 Å². The van der Waals surface area contributed by atoms with Crippen LogP contribution >= 0.6 is 22.7 Å². The molecule has 37 heavy (non-hydrogen) atoms. The summed E-state index contributed by atoms with van der Waals surface area (Å²) in [5.41, 5.74) is 11.5. The van der Waals surface area contributed by atoms with Crippen molar-refractivity contribution in [2.75, 3.05) is 0 Å². The highest BCUT2D eigenvalue weighted by Crippen LogP contribution is 2.17. The van der Waals surface area contributed by atoms with E-state index in [-0.39, 0.29) is 25.9 Å². The Morgan fingerprint density at radius 2 is 1.70 bits per heavy atom. The Bertz CT molecular complexity index is 1270. The van der Waals surface area contributed by atoms with Crippen LogP contribution in [0, 0.1) is 0 Å². The minimum absolute atomic E-state index is 0. The van der Waals surface area contributed by atoms with E-state index < -0.39 is 0 Å². The summed E-state index contributed by atoms with van der Waals surface area (Å²) in [7, 11) is 0. The fourth-order valence-electron chi connectivity index (χ4n) is 4.79. The second-order valence-corrected chi connectivity index (χ2v) is 11.0. The van der Waals surface area contributed by atoms with Gasteiger partial charge in [0, 0.05) is 24.4 Å². The maximum absolute atomic E-state index is 12.0. The Hall–Kier alpha value is -2.87. The summed E-state index contributed by atoms with van der Waals surface area (Å²) in [4.78, 5) is 32.7. The summed E-state index contributed by atoms with van der Waals surface area (Å²) >= 11 is 2.86. The number of nitrogens with zero attached hydrogens (tertiary/aromatic N) is 2. The summed E-state index contributed by atoms with van der Waals surface area (Å²) in [5.74, 6) is 0.242. The number of benzene rings is 2. The quantitative estimate of drug-likeness (QED) is 0.260. The lowest BCUT2D eigenvalue weighted by Crippen LogP contribution is -2.24. The van der Waals surface area contributed by atoms with Crippen molar-refractivity contribution in [2.24, 2.45) is 0 Å². The van der Waals surface area contributed by atoms with Crippen LogP contribution in [0.3, 0.4) is 0 Å². The molecule has 0 saturated heterocycles. The average molecular weight is 528 g/mol. The molecule has 0 unspecified atom stereocenters. The topological polar surface area (TPSA) is 69.2 Å². The average Bonchev–Trinajstić information content (AvgIpc) is 3.69. The van der Waals surface area contributed by atoms with Gasteiger partial charge in [-0.3, -0.25) is 14.6 Å². The third kappa shape index (κ3) is 6.35. The van der Waals surface area contributed by atoms with Crippen molar-refractivity contribution < 1.29 is 14.2 Å². The van der Waals surface area contributed by atoms with Crippen LogP contribution < -0.4 is 10.9 Å². The summed E-state index contributed by atoms with van der Waals surface area (Å²) in [6.07, 6.45) is 4.94. The number of aromatic nitrogens is 2. The molecule has 0 bridgehead atoms. The number of thiazole rings is 2. The summed E-state index contributed by atoms with van der Waals surface area (Å²) in [6, 6.07) is 12.6. The number of rotatable bonds is 6. The van der Waals surface area contributed by atoms with Gasteiger partial charge in [0.05, 0.1) is 22.5 Å². The number of ketones is 2. The Balaban J connectivity index is 0.000000168. The molecule has 2 aliphatic heterocycles. The maximum Gasteiger partial charge on any atom is 0.324 e. The van der Waals surface area contributed by atoms with Gasteiger partial charge in [0.2, 0.25) is 0 Å². The van der Waals surface area contributed by atoms with Crippen molar-refractivity contribution in [3.63, 3.8) is 0 Å². The highest BCUT2D eigenvalue weighted by atomic mass is 32.1. The molecule has 0 fully saturated rings. The third-order valence-corrected chi connectivity index (χ3v) is 8.28. The van der Waals surface area contributed by atoms with Crippen LogP contribution in [0.25, 0.3) is 0 Å². The molecular weight excluding hydrogens is 498 g/mol. The molecule has 0 atom stereocenters. The maximum atomic E-state index is 12.0. The summed E-state index contributed by atoms with van der Waals surface area (Å²) in [6.45, 7) is 5.76. The van der Waals surface area contributed by atoms with E-state index in [4.69, 9.17) is 4.65 Å². The van der Waals surface area contributed by atoms with Gasteiger partial charge >= 0.3 is 6.92 Å². The van der Waals surface area contributed by atoms with Gasteiger partial charge < -0.3 is 4.65 Å². The highest BCUT2D eigenvalue weighted by molar-refractivity contribution is 7.11. The largest absolute Gasteiger partial charge is 0.427 e. The lowest BCUT2D eigenvalue weighted by molar-refractivity contribution is 0.0983. The van der Waals surface area contributed by atoms with Crippen molar-refractivity contribution in [1.29, 1.82) is 0 Å². The lowest BCUT2D eigenvalue weighted by atomic mass is 9.48. The van der Waals surface area contributed by atoms with E-state index in [0.717, 1.165) is 16.0 Å². The number of aryl methyl sites for hydroxylation is 1. The monoisotopic (exact) mass is 528 g/mol. The number of carbonyl (C=O) groups excluding carboxylic acids is 2. The zero-order valence-electron chi connectivity index (χ0n) is 20.4. The van der Waals surface area contributed by atoms with E-state index in [9.17, 15) is 9.59 Å². The fourth-order valence-corrected chi connectivity index (χ4v) is 5.91. The van der Waals surface area contributed by atoms with E-state index in [1.165, 1.54) is 57.5 Å². The van der Waals surface area contributed by atoms with Crippen LogP contribution in [0.1, 0.15) is 49.8 Å². The molecule has 0 saturated carbocycles. The molecule has 0 amide bonds. The van der Waals surface area contributed by atoms with E-state index in [2.05, 4.69) is 47.1 Å². The first-order valence-electron chi connectivity index (χ1n) is 12.2. The summed E-state index contributed by atoms with van der Waals surface area (Å²) in [5, 5.41) is 1.82. The molecule has 0 aliphatic carbocycles. The van der Waals surface area contributed by atoms with Crippen molar-refractivity contribution in [3.05, 3.63) is 91.8 Å². The molecule has 188 valence electrons. The van der Waals surface area contributed by atoms with Gasteiger partial charge in [-0.2, -0.15) is 0 Å². The molecule has 4 heterocycles. The van der Waals surface area contributed by atoms with E-state index in [0.29, 0.717) is 31.9 Å². The second-order valence-electron chi connectivity index (χ2n) is 9.40. The number of hydrogen-bond donors (Lipinski definition) is 0. The number of hydrogen-bond acceptors (Lipinski definition) is 7. The zero-order chi connectivity index (χ0) is 25.1. The van der Waals surface area contributed by atoms with Crippen LogP contribution in [0.5, 0.6) is 0 Å². The van der Waals surface area contributed by atoms with Crippen molar-refractivity contribution in [3.8, 4) is 0 Å². The molecule has 0 radical (unpaired) electrons. The Morgan fingerprint density at radius 1 is 0.973 bits per heavy atom. The van der Waals surface area contributed by atoms with Crippen molar-refractivity contribution >= 4 is 58.8 Å². The molecule has 2 aromatic heterocycles. The minimum Gasteiger partial charge on any atom is -0.427 e. The molecule has 9 heteroatoms. The van der Waals surface area contributed by atoms with Crippen LogP contribution in [0.15, 0.2) is 59.0 Å². The number of carbonyl (C=O) groups is 2. The fraction of sp³-hybridized carbons (Fsp3) is 0.286. The van der Waals surface area contributed by atoms with Gasteiger partial charge in [-0.25, -0.2) is 4.98 Å². The van der Waals surface area contributed by atoms with Gasteiger partial charge in [0.15, 0.2) is 18.3 Å².